The molecule has 158 valence electrons. The van der Waals surface area contributed by atoms with Gasteiger partial charge >= 0.3 is 5.69 Å². The lowest BCUT2D eigenvalue weighted by Gasteiger charge is -2.14. The Kier molecular flexibility index (Phi) is 5.28. The first kappa shape index (κ1) is 20.7. The third-order valence-corrected chi connectivity index (χ3v) is 5.72. The van der Waals surface area contributed by atoms with Gasteiger partial charge in [-0.1, -0.05) is 12.1 Å². The van der Waals surface area contributed by atoms with Gasteiger partial charge in [-0.15, -0.1) is 11.3 Å². The van der Waals surface area contributed by atoms with Crippen LogP contribution in [0, 0.1) is 25.5 Å². The fraction of sp³-hybridized carbons (Fsp3) is 0.136. The van der Waals surface area contributed by atoms with Crippen LogP contribution in [-0.2, 0) is 11.3 Å². The number of hydrogen-bond donors (Lipinski definition) is 1. The minimum atomic E-state index is -0.924. The number of anilines is 1. The molecule has 9 heteroatoms. The highest BCUT2D eigenvalue weighted by atomic mass is 32.1. The Morgan fingerprint density at radius 2 is 1.74 bits per heavy atom. The Hall–Kier alpha value is -3.59. The molecule has 0 spiro atoms. The van der Waals surface area contributed by atoms with Crippen molar-refractivity contribution in [3.05, 3.63) is 91.4 Å². The molecule has 1 N–H and O–H groups in total. The van der Waals surface area contributed by atoms with Crippen molar-refractivity contribution in [3.63, 3.8) is 0 Å². The second kappa shape index (κ2) is 7.92. The zero-order valence-electron chi connectivity index (χ0n) is 16.6. The standard InChI is InChI=1S/C22H17F2N3O3S/c1-12-3-4-13(2)17(7-12)25-19(28)11-26-18-5-6-31-20(18)21(29)27(22(26)30)16-9-14(23)8-15(24)10-16/h3-10H,11H2,1-2H3,(H,25,28). The first-order chi connectivity index (χ1) is 14.7. The van der Waals surface area contributed by atoms with Crippen molar-refractivity contribution in [2.75, 3.05) is 5.32 Å². The maximum Gasteiger partial charge on any atom is 0.336 e. The summed E-state index contributed by atoms with van der Waals surface area (Å²) >= 11 is 1.08. The number of carbonyl (C=O) groups is 1. The number of hydrogen-bond acceptors (Lipinski definition) is 4. The van der Waals surface area contributed by atoms with E-state index in [2.05, 4.69) is 5.32 Å². The highest BCUT2D eigenvalue weighted by Crippen LogP contribution is 2.19. The van der Waals surface area contributed by atoms with Crippen molar-refractivity contribution in [3.8, 4) is 5.69 Å². The summed E-state index contributed by atoms with van der Waals surface area (Å²) in [6.07, 6.45) is 0. The summed E-state index contributed by atoms with van der Waals surface area (Å²) in [6, 6.07) is 9.59. The zero-order valence-corrected chi connectivity index (χ0v) is 17.4. The van der Waals surface area contributed by atoms with Crippen molar-refractivity contribution < 1.29 is 13.6 Å². The molecule has 0 unspecified atom stereocenters. The molecule has 0 atom stereocenters. The lowest BCUT2D eigenvalue weighted by Crippen LogP contribution is -2.40. The van der Waals surface area contributed by atoms with Crippen molar-refractivity contribution in [1.29, 1.82) is 0 Å². The predicted octanol–water partition coefficient (Wildman–Crippen LogP) is 3.75. The maximum absolute atomic E-state index is 13.7. The summed E-state index contributed by atoms with van der Waals surface area (Å²) < 4.78 is 29.5. The van der Waals surface area contributed by atoms with Gasteiger partial charge in [0.2, 0.25) is 5.91 Å². The van der Waals surface area contributed by atoms with Crippen LogP contribution < -0.4 is 16.6 Å². The van der Waals surface area contributed by atoms with Gasteiger partial charge in [0.05, 0.1) is 11.2 Å². The number of nitrogens with one attached hydrogen (secondary N) is 1. The van der Waals surface area contributed by atoms with Crippen LogP contribution in [0.15, 0.2) is 57.4 Å². The van der Waals surface area contributed by atoms with Crippen LogP contribution in [0.25, 0.3) is 15.9 Å². The third kappa shape index (κ3) is 3.91. The number of amides is 1. The highest BCUT2D eigenvalue weighted by Gasteiger charge is 2.19. The Morgan fingerprint density at radius 3 is 2.45 bits per heavy atom. The van der Waals surface area contributed by atoms with Crippen molar-refractivity contribution in [2.24, 2.45) is 0 Å². The Morgan fingerprint density at radius 1 is 1.03 bits per heavy atom. The molecule has 6 nitrogen and oxygen atoms in total. The van der Waals surface area contributed by atoms with Gasteiger partial charge in [0, 0.05) is 11.8 Å². The number of halogens is 2. The van der Waals surface area contributed by atoms with E-state index < -0.39 is 28.8 Å². The second-order valence-corrected chi connectivity index (χ2v) is 8.05. The normalized spacial score (nSPS) is 11.1. The molecule has 0 saturated carbocycles. The summed E-state index contributed by atoms with van der Waals surface area (Å²) in [7, 11) is 0. The number of aromatic nitrogens is 2. The molecule has 4 aromatic rings. The Labute approximate surface area is 179 Å². The van der Waals surface area contributed by atoms with Gasteiger partial charge in [-0.25, -0.2) is 18.1 Å². The topological polar surface area (TPSA) is 73.1 Å². The highest BCUT2D eigenvalue weighted by molar-refractivity contribution is 7.17. The Balaban J connectivity index is 1.82. The van der Waals surface area contributed by atoms with E-state index in [0.717, 1.165) is 39.2 Å². The minimum Gasteiger partial charge on any atom is -0.324 e. The summed E-state index contributed by atoms with van der Waals surface area (Å²) in [5.41, 5.74) is 0.895. The Bertz CT molecular complexity index is 1430. The van der Waals surface area contributed by atoms with Crippen LogP contribution in [0.2, 0.25) is 0 Å². The molecular formula is C22H17F2N3O3S. The fourth-order valence-electron chi connectivity index (χ4n) is 3.34. The van der Waals surface area contributed by atoms with E-state index in [1.807, 2.05) is 32.0 Å². The fourth-order valence-corrected chi connectivity index (χ4v) is 4.16. The van der Waals surface area contributed by atoms with E-state index in [9.17, 15) is 23.2 Å². The van der Waals surface area contributed by atoms with Crippen molar-refractivity contribution in [1.82, 2.24) is 9.13 Å². The van der Waals surface area contributed by atoms with E-state index in [0.29, 0.717) is 16.3 Å². The van der Waals surface area contributed by atoms with Crippen molar-refractivity contribution >= 4 is 33.1 Å². The second-order valence-electron chi connectivity index (χ2n) is 7.14. The summed E-state index contributed by atoms with van der Waals surface area (Å²) in [5, 5.41) is 4.39. The van der Waals surface area contributed by atoms with E-state index in [1.54, 1.807) is 11.4 Å². The number of benzene rings is 2. The molecule has 4 rings (SSSR count). The van der Waals surface area contributed by atoms with Crippen LogP contribution in [-0.4, -0.2) is 15.0 Å². The van der Waals surface area contributed by atoms with Crippen LogP contribution in [0.1, 0.15) is 11.1 Å². The van der Waals surface area contributed by atoms with E-state index in [4.69, 9.17) is 0 Å². The van der Waals surface area contributed by atoms with Crippen LogP contribution >= 0.6 is 11.3 Å². The van der Waals surface area contributed by atoms with Crippen LogP contribution in [0.3, 0.4) is 0 Å². The number of thiophene rings is 1. The zero-order chi connectivity index (χ0) is 22.3. The molecule has 0 aliphatic heterocycles. The molecule has 31 heavy (non-hydrogen) atoms. The third-order valence-electron chi connectivity index (χ3n) is 4.83. The molecule has 0 bridgehead atoms. The van der Waals surface area contributed by atoms with Gasteiger partial charge < -0.3 is 5.32 Å². The van der Waals surface area contributed by atoms with Gasteiger partial charge in [-0.3, -0.25) is 14.2 Å². The van der Waals surface area contributed by atoms with Crippen molar-refractivity contribution in [2.45, 2.75) is 20.4 Å². The van der Waals surface area contributed by atoms with Gasteiger partial charge in [0.1, 0.15) is 22.9 Å². The molecule has 2 aromatic heterocycles. The molecule has 0 fully saturated rings. The number of rotatable bonds is 4. The average molecular weight is 441 g/mol. The maximum atomic E-state index is 13.7. The van der Waals surface area contributed by atoms with E-state index >= 15 is 0 Å². The molecule has 0 saturated heterocycles. The molecule has 1 amide bonds. The largest absolute Gasteiger partial charge is 0.336 e. The van der Waals surface area contributed by atoms with Crippen LogP contribution in [0.4, 0.5) is 14.5 Å². The molecule has 0 aliphatic rings. The monoisotopic (exact) mass is 441 g/mol. The van der Waals surface area contributed by atoms with E-state index in [-0.39, 0.29) is 22.4 Å². The summed E-state index contributed by atoms with van der Waals surface area (Å²) in [6.45, 7) is 3.36. The number of nitrogens with zero attached hydrogens (tertiary/aromatic N) is 2. The molecule has 2 aromatic carbocycles. The molecular weight excluding hydrogens is 424 g/mol. The average Bonchev–Trinajstić information content (AvgIpc) is 3.17. The number of carbonyl (C=O) groups excluding carboxylic acids is 1. The molecule has 2 heterocycles. The number of fused-ring (bicyclic) bond motifs is 1. The molecule has 0 radical (unpaired) electrons. The van der Waals surface area contributed by atoms with Gasteiger partial charge in [-0.05, 0) is 54.6 Å². The molecule has 0 aliphatic carbocycles. The van der Waals surface area contributed by atoms with E-state index in [1.165, 1.54) is 0 Å². The summed E-state index contributed by atoms with van der Waals surface area (Å²) in [5.74, 6) is -2.32. The smallest absolute Gasteiger partial charge is 0.324 e. The number of aryl methyl sites for hydroxylation is 2. The van der Waals surface area contributed by atoms with Gasteiger partial charge in [0.15, 0.2) is 0 Å². The lowest BCUT2D eigenvalue weighted by molar-refractivity contribution is -0.116. The SMILES string of the molecule is Cc1ccc(C)c(NC(=O)Cn2c(=O)n(-c3cc(F)cc(F)c3)c(=O)c3sccc32)c1. The predicted molar refractivity (Wildman–Crippen MR) is 116 cm³/mol. The minimum absolute atomic E-state index is 0.198. The first-order valence-electron chi connectivity index (χ1n) is 9.31. The quantitative estimate of drug-likeness (QED) is 0.524. The lowest BCUT2D eigenvalue weighted by atomic mass is 10.1. The van der Waals surface area contributed by atoms with Gasteiger partial charge in [0.25, 0.3) is 5.56 Å². The summed E-state index contributed by atoms with van der Waals surface area (Å²) in [4.78, 5) is 38.7. The van der Waals surface area contributed by atoms with Crippen LogP contribution in [0.5, 0.6) is 0 Å². The first-order valence-corrected chi connectivity index (χ1v) is 10.2. The van der Waals surface area contributed by atoms with Gasteiger partial charge in [-0.2, -0.15) is 0 Å².